The van der Waals surface area contributed by atoms with Crippen LogP contribution in [0.4, 0.5) is 0 Å². The molecule has 1 aromatic heterocycles. The molecule has 76 valence electrons. The van der Waals surface area contributed by atoms with Crippen LogP contribution in [0.2, 0.25) is 0 Å². The van der Waals surface area contributed by atoms with E-state index in [2.05, 4.69) is 20.9 Å². The summed E-state index contributed by atoms with van der Waals surface area (Å²) in [5.74, 6) is -1.16. The largest absolute Gasteiger partial charge is 0.505 e. The highest BCUT2D eigenvalue weighted by Crippen LogP contribution is 2.31. The molecule has 5 heteroatoms. The number of nitrogens with zero attached hydrogens (tertiary/aromatic N) is 1. The minimum absolute atomic E-state index is 0.0457. The van der Waals surface area contributed by atoms with Gasteiger partial charge >= 0.3 is 5.97 Å². The third-order valence-corrected chi connectivity index (χ3v) is 2.65. The number of aromatic nitrogens is 1. The van der Waals surface area contributed by atoms with Crippen LogP contribution in [0.1, 0.15) is 10.5 Å². The molecule has 0 aliphatic carbocycles. The van der Waals surface area contributed by atoms with E-state index in [1.807, 2.05) is 0 Å². The van der Waals surface area contributed by atoms with Crippen molar-refractivity contribution in [1.29, 1.82) is 0 Å². The van der Waals surface area contributed by atoms with Crippen molar-refractivity contribution >= 4 is 32.8 Å². The van der Waals surface area contributed by atoms with Gasteiger partial charge in [0.25, 0.3) is 0 Å². The van der Waals surface area contributed by atoms with Crippen LogP contribution in [0.3, 0.4) is 0 Å². The van der Waals surface area contributed by atoms with Crippen molar-refractivity contribution in [2.75, 3.05) is 0 Å². The number of rotatable bonds is 1. The summed E-state index contributed by atoms with van der Waals surface area (Å²) in [6.45, 7) is 0. The number of benzene rings is 1. The highest BCUT2D eigenvalue weighted by atomic mass is 79.9. The summed E-state index contributed by atoms with van der Waals surface area (Å²) >= 11 is 3.14. The molecule has 4 nitrogen and oxygen atoms in total. The van der Waals surface area contributed by atoms with Crippen molar-refractivity contribution in [2.24, 2.45) is 0 Å². The fourth-order valence-corrected chi connectivity index (χ4v) is 1.59. The van der Waals surface area contributed by atoms with Gasteiger partial charge in [-0.2, -0.15) is 0 Å². The lowest BCUT2D eigenvalue weighted by Crippen LogP contribution is -1.99. The van der Waals surface area contributed by atoms with Crippen molar-refractivity contribution in [2.45, 2.75) is 0 Å². The van der Waals surface area contributed by atoms with Crippen molar-refractivity contribution in [3.8, 4) is 5.75 Å². The minimum Gasteiger partial charge on any atom is -0.505 e. The molecule has 0 spiro atoms. The molecule has 0 radical (unpaired) electrons. The molecule has 1 heterocycles. The molecule has 0 aliphatic heterocycles. The number of carbonyl (C=O) groups is 1. The van der Waals surface area contributed by atoms with E-state index in [1.54, 1.807) is 18.2 Å². The molecule has 0 saturated heterocycles. The second kappa shape index (κ2) is 3.51. The molecule has 0 atom stereocenters. The third-order valence-electron chi connectivity index (χ3n) is 2.01. The van der Waals surface area contributed by atoms with E-state index < -0.39 is 5.97 Å². The molecule has 0 unspecified atom stereocenters. The highest BCUT2D eigenvalue weighted by Gasteiger charge is 2.09. The summed E-state index contributed by atoms with van der Waals surface area (Å²) in [7, 11) is 0. The Morgan fingerprint density at radius 3 is 2.60 bits per heavy atom. The van der Waals surface area contributed by atoms with Gasteiger partial charge in [-0.05, 0) is 28.1 Å². The third kappa shape index (κ3) is 1.66. The first-order valence-corrected chi connectivity index (χ1v) is 4.90. The Hall–Kier alpha value is -1.62. The number of pyridine rings is 1. The van der Waals surface area contributed by atoms with E-state index in [0.29, 0.717) is 9.86 Å². The number of aromatic carboxylic acids is 1. The molecule has 0 saturated carbocycles. The molecule has 1 aromatic carbocycles. The highest BCUT2D eigenvalue weighted by molar-refractivity contribution is 9.10. The lowest BCUT2D eigenvalue weighted by atomic mass is 10.2. The molecule has 0 bridgehead atoms. The van der Waals surface area contributed by atoms with E-state index in [4.69, 9.17) is 5.11 Å². The van der Waals surface area contributed by atoms with Crippen molar-refractivity contribution in [1.82, 2.24) is 4.98 Å². The number of fused-ring (bicyclic) bond motifs is 1. The molecule has 15 heavy (non-hydrogen) atoms. The van der Waals surface area contributed by atoms with E-state index in [9.17, 15) is 9.90 Å². The average Bonchev–Trinajstić information content (AvgIpc) is 2.23. The van der Waals surface area contributed by atoms with Crippen LogP contribution < -0.4 is 0 Å². The maximum atomic E-state index is 10.7. The van der Waals surface area contributed by atoms with Crippen LogP contribution in [-0.2, 0) is 0 Å². The van der Waals surface area contributed by atoms with Crippen LogP contribution >= 0.6 is 15.9 Å². The van der Waals surface area contributed by atoms with E-state index in [1.165, 1.54) is 6.07 Å². The second-order valence-corrected chi connectivity index (χ2v) is 3.82. The van der Waals surface area contributed by atoms with Gasteiger partial charge in [0.1, 0.15) is 11.2 Å². The number of aromatic hydroxyl groups is 1. The van der Waals surface area contributed by atoms with E-state index in [-0.39, 0.29) is 17.0 Å². The summed E-state index contributed by atoms with van der Waals surface area (Å²) < 4.78 is 0.491. The number of hydrogen-bond donors (Lipinski definition) is 2. The topological polar surface area (TPSA) is 70.4 Å². The van der Waals surface area contributed by atoms with Crippen molar-refractivity contribution < 1.29 is 15.0 Å². The van der Waals surface area contributed by atoms with Crippen LogP contribution in [0, 0.1) is 0 Å². The van der Waals surface area contributed by atoms with Crippen molar-refractivity contribution in [3.05, 3.63) is 34.4 Å². The Kier molecular flexibility index (Phi) is 2.32. The van der Waals surface area contributed by atoms with E-state index >= 15 is 0 Å². The zero-order chi connectivity index (χ0) is 11.0. The van der Waals surface area contributed by atoms with Gasteiger partial charge in [0, 0.05) is 5.39 Å². The van der Waals surface area contributed by atoms with Gasteiger partial charge < -0.3 is 10.2 Å². The van der Waals surface area contributed by atoms with Gasteiger partial charge in [-0.25, -0.2) is 9.78 Å². The van der Waals surface area contributed by atoms with Gasteiger partial charge in [0.2, 0.25) is 0 Å². The number of halogens is 1. The SMILES string of the molecule is O=C(O)c1ccc2ccc(Br)c(O)c2n1. The van der Waals surface area contributed by atoms with Crippen LogP contribution in [0.15, 0.2) is 28.7 Å². The molecule has 0 fully saturated rings. The summed E-state index contributed by atoms with van der Waals surface area (Å²) in [6, 6.07) is 6.44. The fourth-order valence-electron chi connectivity index (χ4n) is 1.27. The summed E-state index contributed by atoms with van der Waals surface area (Å²) in [6.07, 6.45) is 0. The van der Waals surface area contributed by atoms with Gasteiger partial charge in [0.05, 0.1) is 4.47 Å². The minimum atomic E-state index is -1.11. The molecular weight excluding hydrogens is 262 g/mol. The standard InChI is InChI=1S/C10H6BrNO3/c11-6-3-1-5-2-4-7(10(14)15)12-8(5)9(6)13/h1-4,13H,(H,14,15). The lowest BCUT2D eigenvalue weighted by Gasteiger charge is -2.03. The second-order valence-electron chi connectivity index (χ2n) is 2.97. The number of carboxylic acid groups (broad SMARTS) is 1. The predicted octanol–water partition coefficient (Wildman–Crippen LogP) is 2.40. The smallest absolute Gasteiger partial charge is 0.354 e. The number of hydrogen-bond acceptors (Lipinski definition) is 3. The molecule has 2 aromatic rings. The van der Waals surface area contributed by atoms with Crippen molar-refractivity contribution in [3.63, 3.8) is 0 Å². The first-order chi connectivity index (χ1) is 7.09. The predicted molar refractivity (Wildman–Crippen MR) is 58.1 cm³/mol. The maximum absolute atomic E-state index is 10.7. The summed E-state index contributed by atoms with van der Waals surface area (Å²) in [4.78, 5) is 14.5. The molecule has 2 rings (SSSR count). The Balaban J connectivity index is 2.79. The summed E-state index contributed by atoms with van der Waals surface area (Å²) in [5.41, 5.74) is 0.195. The van der Waals surface area contributed by atoms with Gasteiger partial charge in [-0.1, -0.05) is 12.1 Å². The number of phenols is 1. The molecule has 2 N–H and O–H groups in total. The Morgan fingerprint density at radius 1 is 1.27 bits per heavy atom. The maximum Gasteiger partial charge on any atom is 0.354 e. The summed E-state index contributed by atoms with van der Waals surface area (Å²) in [5, 5.41) is 19.1. The molecular formula is C10H6BrNO3. The zero-order valence-corrected chi connectivity index (χ0v) is 9.02. The van der Waals surface area contributed by atoms with Gasteiger partial charge in [-0.15, -0.1) is 0 Å². The number of carboxylic acids is 1. The molecule has 0 amide bonds. The fraction of sp³-hybridized carbons (Fsp3) is 0. The Labute approximate surface area is 93.3 Å². The van der Waals surface area contributed by atoms with Gasteiger partial charge in [0.15, 0.2) is 5.75 Å². The first kappa shape index (κ1) is 9.92. The quantitative estimate of drug-likeness (QED) is 0.833. The monoisotopic (exact) mass is 267 g/mol. The van der Waals surface area contributed by atoms with Crippen LogP contribution in [0.25, 0.3) is 10.9 Å². The number of phenolic OH excluding ortho intramolecular Hbond substituents is 1. The normalized spacial score (nSPS) is 10.5. The molecule has 0 aliphatic rings. The van der Waals surface area contributed by atoms with Crippen LogP contribution in [0.5, 0.6) is 5.75 Å². The Bertz CT molecular complexity index is 554. The Morgan fingerprint density at radius 2 is 1.93 bits per heavy atom. The van der Waals surface area contributed by atoms with Gasteiger partial charge in [-0.3, -0.25) is 0 Å². The average molecular weight is 268 g/mol. The van der Waals surface area contributed by atoms with Crippen LogP contribution in [-0.4, -0.2) is 21.2 Å². The lowest BCUT2D eigenvalue weighted by molar-refractivity contribution is 0.0691. The van der Waals surface area contributed by atoms with E-state index in [0.717, 1.165) is 0 Å². The zero-order valence-electron chi connectivity index (χ0n) is 7.44. The first-order valence-electron chi connectivity index (χ1n) is 4.11.